The van der Waals surface area contributed by atoms with Gasteiger partial charge in [0, 0.05) is 22.4 Å². The first kappa shape index (κ1) is 9.16. The standard InChI is InChI=1S/C9H9ClFNS/c1-5-4-12-8-2-6(10)7(11)3-9(8)13-5/h2-3,5,12H,4H2,1H3. The van der Waals surface area contributed by atoms with Crippen LogP contribution < -0.4 is 5.32 Å². The van der Waals surface area contributed by atoms with Gasteiger partial charge in [0.2, 0.25) is 0 Å². The number of thioether (sulfide) groups is 1. The number of rotatable bonds is 0. The van der Waals surface area contributed by atoms with Crippen LogP contribution in [0, 0.1) is 5.82 Å². The van der Waals surface area contributed by atoms with Crippen LogP contribution in [-0.2, 0) is 0 Å². The monoisotopic (exact) mass is 217 g/mol. The summed E-state index contributed by atoms with van der Waals surface area (Å²) in [5.74, 6) is -0.344. The molecule has 1 heterocycles. The number of anilines is 1. The Kier molecular flexibility index (Phi) is 2.39. The Hall–Kier alpha value is -0.410. The molecule has 1 aliphatic rings. The third kappa shape index (κ3) is 1.76. The van der Waals surface area contributed by atoms with Crippen LogP contribution in [0.1, 0.15) is 6.92 Å². The lowest BCUT2D eigenvalue weighted by molar-refractivity contribution is 0.624. The molecule has 70 valence electrons. The van der Waals surface area contributed by atoms with Crippen molar-refractivity contribution in [2.45, 2.75) is 17.1 Å². The molecule has 0 spiro atoms. The molecule has 0 amide bonds. The molecule has 1 aromatic rings. The number of hydrogen-bond acceptors (Lipinski definition) is 2. The van der Waals surface area contributed by atoms with E-state index in [1.807, 2.05) is 0 Å². The Morgan fingerprint density at radius 2 is 2.38 bits per heavy atom. The van der Waals surface area contributed by atoms with Crippen molar-refractivity contribution in [3.8, 4) is 0 Å². The zero-order valence-electron chi connectivity index (χ0n) is 7.10. The van der Waals surface area contributed by atoms with E-state index < -0.39 is 0 Å². The normalized spacial score (nSPS) is 20.7. The van der Waals surface area contributed by atoms with Gasteiger partial charge in [0.1, 0.15) is 5.82 Å². The molecule has 1 unspecified atom stereocenters. The zero-order chi connectivity index (χ0) is 9.42. The fraction of sp³-hybridized carbons (Fsp3) is 0.333. The molecule has 0 fully saturated rings. The van der Waals surface area contributed by atoms with Gasteiger partial charge in [-0.25, -0.2) is 4.39 Å². The Balaban J connectivity index is 2.43. The molecule has 1 nitrogen and oxygen atoms in total. The van der Waals surface area contributed by atoms with Crippen LogP contribution in [0.15, 0.2) is 17.0 Å². The summed E-state index contributed by atoms with van der Waals surface area (Å²) in [5.41, 5.74) is 0.939. The molecule has 1 aliphatic heterocycles. The number of hydrogen-bond donors (Lipinski definition) is 1. The Morgan fingerprint density at radius 3 is 3.15 bits per heavy atom. The predicted octanol–water partition coefficient (Wildman–Crippen LogP) is 3.39. The van der Waals surface area contributed by atoms with Crippen LogP contribution in [0.25, 0.3) is 0 Å². The maximum absolute atomic E-state index is 13.1. The second-order valence-electron chi connectivity index (χ2n) is 3.07. The summed E-state index contributed by atoms with van der Waals surface area (Å²) in [6.07, 6.45) is 0. The van der Waals surface area contributed by atoms with Crippen molar-refractivity contribution in [2.75, 3.05) is 11.9 Å². The quantitative estimate of drug-likeness (QED) is 0.715. The maximum atomic E-state index is 13.1. The number of fused-ring (bicyclic) bond motifs is 1. The van der Waals surface area contributed by atoms with E-state index in [9.17, 15) is 4.39 Å². The van der Waals surface area contributed by atoms with Crippen molar-refractivity contribution in [3.63, 3.8) is 0 Å². The van der Waals surface area contributed by atoms with Crippen LogP contribution >= 0.6 is 23.4 Å². The minimum absolute atomic E-state index is 0.182. The maximum Gasteiger partial charge on any atom is 0.143 e. The lowest BCUT2D eigenvalue weighted by atomic mass is 10.3. The van der Waals surface area contributed by atoms with Gasteiger partial charge < -0.3 is 5.32 Å². The van der Waals surface area contributed by atoms with Gasteiger partial charge in [-0.1, -0.05) is 18.5 Å². The molecule has 0 saturated heterocycles. The van der Waals surface area contributed by atoms with Gasteiger partial charge in [-0.15, -0.1) is 11.8 Å². The van der Waals surface area contributed by atoms with E-state index in [0.717, 1.165) is 17.1 Å². The topological polar surface area (TPSA) is 12.0 Å². The largest absolute Gasteiger partial charge is 0.383 e. The third-order valence-corrected chi connectivity index (χ3v) is 3.38. The van der Waals surface area contributed by atoms with Crippen molar-refractivity contribution >= 4 is 29.1 Å². The SMILES string of the molecule is CC1CNc2cc(Cl)c(F)cc2S1. The Bertz CT molecular complexity index is 343. The highest BCUT2D eigenvalue weighted by molar-refractivity contribution is 8.00. The summed E-state index contributed by atoms with van der Waals surface area (Å²) in [6.45, 7) is 3.01. The molecule has 2 rings (SSSR count). The van der Waals surface area contributed by atoms with E-state index in [1.165, 1.54) is 6.07 Å². The van der Waals surface area contributed by atoms with Crippen molar-refractivity contribution in [1.29, 1.82) is 0 Å². The van der Waals surface area contributed by atoms with Crippen LogP contribution in [0.5, 0.6) is 0 Å². The molecule has 0 aromatic heterocycles. The third-order valence-electron chi connectivity index (χ3n) is 1.93. The first-order chi connectivity index (χ1) is 6.16. The number of nitrogens with one attached hydrogen (secondary N) is 1. The molecule has 0 bridgehead atoms. The van der Waals surface area contributed by atoms with Crippen LogP contribution in [-0.4, -0.2) is 11.8 Å². The summed E-state index contributed by atoms with van der Waals surface area (Å²) >= 11 is 7.33. The van der Waals surface area contributed by atoms with Crippen LogP contribution in [0.3, 0.4) is 0 Å². The molecule has 4 heteroatoms. The molecule has 1 atom stereocenters. The molecular weight excluding hydrogens is 209 g/mol. The molecular formula is C9H9ClFNS. The van der Waals surface area contributed by atoms with Gasteiger partial charge in [0.25, 0.3) is 0 Å². The Morgan fingerprint density at radius 1 is 1.62 bits per heavy atom. The average molecular weight is 218 g/mol. The van der Waals surface area contributed by atoms with Crippen molar-refractivity contribution < 1.29 is 4.39 Å². The summed E-state index contributed by atoms with van der Waals surface area (Å²) in [4.78, 5) is 0.945. The van der Waals surface area contributed by atoms with Crippen LogP contribution in [0.4, 0.5) is 10.1 Å². The molecule has 1 N–H and O–H groups in total. The van der Waals surface area contributed by atoms with E-state index in [1.54, 1.807) is 17.8 Å². The highest BCUT2D eigenvalue weighted by Gasteiger charge is 2.17. The molecule has 0 aliphatic carbocycles. The lowest BCUT2D eigenvalue weighted by Gasteiger charge is -2.22. The van der Waals surface area contributed by atoms with Gasteiger partial charge in [-0.05, 0) is 12.1 Å². The fourth-order valence-corrected chi connectivity index (χ4v) is 2.47. The first-order valence-corrected chi connectivity index (χ1v) is 5.32. The van der Waals surface area contributed by atoms with E-state index in [4.69, 9.17) is 11.6 Å². The minimum Gasteiger partial charge on any atom is -0.383 e. The van der Waals surface area contributed by atoms with Crippen molar-refractivity contribution in [3.05, 3.63) is 23.0 Å². The summed E-state index contributed by atoms with van der Waals surface area (Å²) in [5, 5.41) is 3.87. The van der Waals surface area contributed by atoms with E-state index in [2.05, 4.69) is 12.2 Å². The predicted molar refractivity (Wildman–Crippen MR) is 55.2 cm³/mol. The first-order valence-electron chi connectivity index (χ1n) is 4.06. The number of benzene rings is 1. The summed E-state index contributed by atoms with van der Waals surface area (Å²) < 4.78 is 13.1. The van der Waals surface area contributed by atoms with Crippen molar-refractivity contribution in [2.24, 2.45) is 0 Å². The molecule has 13 heavy (non-hydrogen) atoms. The second-order valence-corrected chi connectivity index (χ2v) is 4.96. The van der Waals surface area contributed by atoms with Crippen molar-refractivity contribution in [1.82, 2.24) is 0 Å². The second kappa shape index (κ2) is 3.39. The van der Waals surface area contributed by atoms with Crippen LogP contribution in [0.2, 0.25) is 5.02 Å². The smallest absolute Gasteiger partial charge is 0.143 e. The van der Waals surface area contributed by atoms with Gasteiger partial charge in [0.15, 0.2) is 0 Å². The molecule has 0 radical (unpaired) electrons. The molecule has 0 saturated carbocycles. The average Bonchev–Trinajstić information content (AvgIpc) is 2.08. The highest BCUT2D eigenvalue weighted by atomic mass is 35.5. The van der Waals surface area contributed by atoms with E-state index in [0.29, 0.717) is 5.25 Å². The minimum atomic E-state index is -0.344. The molecule has 1 aromatic carbocycles. The van der Waals surface area contributed by atoms with Gasteiger partial charge >= 0.3 is 0 Å². The fourth-order valence-electron chi connectivity index (χ4n) is 1.28. The van der Waals surface area contributed by atoms with Gasteiger partial charge in [-0.3, -0.25) is 0 Å². The zero-order valence-corrected chi connectivity index (χ0v) is 8.68. The summed E-state index contributed by atoms with van der Waals surface area (Å²) in [6, 6.07) is 3.14. The van der Waals surface area contributed by atoms with Gasteiger partial charge in [0.05, 0.1) is 5.02 Å². The Labute approximate surface area is 85.7 Å². The van der Waals surface area contributed by atoms with E-state index in [-0.39, 0.29) is 10.8 Å². The van der Waals surface area contributed by atoms with E-state index >= 15 is 0 Å². The van der Waals surface area contributed by atoms with Gasteiger partial charge in [-0.2, -0.15) is 0 Å². The summed E-state index contributed by atoms with van der Waals surface area (Å²) in [7, 11) is 0. The number of halogens is 2. The highest BCUT2D eigenvalue weighted by Crippen LogP contribution is 2.37. The lowest BCUT2D eigenvalue weighted by Crippen LogP contribution is -2.18.